The van der Waals surface area contributed by atoms with Gasteiger partial charge in [-0.25, -0.2) is 0 Å². The average molecular weight is 267 g/mol. The molecule has 0 aromatic carbocycles. The fraction of sp³-hybridized carbons (Fsp3) is 0.867. The van der Waals surface area contributed by atoms with Gasteiger partial charge in [0.2, 0.25) is 5.91 Å². The van der Waals surface area contributed by atoms with Gasteiger partial charge in [-0.05, 0) is 31.1 Å². The summed E-state index contributed by atoms with van der Waals surface area (Å²) >= 11 is 0. The average Bonchev–Trinajstić information content (AvgIpc) is 2.83. The molecule has 0 aromatic rings. The summed E-state index contributed by atoms with van der Waals surface area (Å²) in [4.78, 5) is 23.7. The molecule has 0 spiro atoms. The van der Waals surface area contributed by atoms with Gasteiger partial charge in [0, 0.05) is 5.92 Å². The van der Waals surface area contributed by atoms with Crippen molar-refractivity contribution in [1.82, 2.24) is 5.32 Å². The van der Waals surface area contributed by atoms with Crippen LogP contribution in [-0.2, 0) is 14.3 Å². The number of cyclic esters (lactones) is 1. The summed E-state index contributed by atoms with van der Waals surface area (Å²) in [6.45, 7) is 8.36. The Morgan fingerprint density at radius 3 is 2.42 bits per heavy atom. The second kappa shape index (κ2) is 5.51. The molecule has 108 valence electrons. The van der Waals surface area contributed by atoms with Crippen LogP contribution in [0.3, 0.4) is 0 Å². The van der Waals surface area contributed by atoms with Crippen molar-refractivity contribution in [1.29, 1.82) is 0 Å². The lowest BCUT2D eigenvalue weighted by molar-refractivity contribution is -0.145. The van der Waals surface area contributed by atoms with Crippen LogP contribution in [-0.4, -0.2) is 24.0 Å². The van der Waals surface area contributed by atoms with Gasteiger partial charge in [-0.2, -0.15) is 0 Å². The number of nitrogens with one attached hydrogen (secondary N) is 1. The van der Waals surface area contributed by atoms with Crippen LogP contribution in [0.1, 0.15) is 47.0 Å². The van der Waals surface area contributed by atoms with Crippen LogP contribution >= 0.6 is 0 Å². The van der Waals surface area contributed by atoms with Crippen molar-refractivity contribution in [3.63, 3.8) is 0 Å². The third kappa shape index (κ3) is 3.10. The van der Waals surface area contributed by atoms with Crippen molar-refractivity contribution in [2.24, 2.45) is 23.7 Å². The zero-order chi connectivity index (χ0) is 14.2. The maximum atomic E-state index is 11.9. The van der Waals surface area contributed by atoms with Gasteiger partial charge in [0.1, 0.15) is 6.10 Å². The highest BCUT2D eigenvalue weighted by Crippen LogP contribution is 2.33. The van der Waals surface area contributed by atoms with Crippen molar-refractivity contribution in [2.75, 3.05) is 0 Å². The Hall–Kier alpha value is -1.06. The monoisotopic (exact) mass is 267 g/mol. The van der Waals surface area contributed by atoms with E-state index in [0.717, 1.165) is 19.3 Å². The fourth-order valence-electron chi connectivity index (χ4n) is 3.23. The molecule has 4 heteroatoms. The van der Waals surface area contributed by atoms with E-state index in [9.17, 15) is 9.59 Å². The van der Waals surface area contributed by atoms with Gasteiger partial charge in [-0.3, -0.25) is 9.59 Å². The summed E-state index contributed by atoms with van der Waals surface area (Å²) in [5, 5.41) is 3.01. The largest absolute Gasteiger partial charge is 0.460 e. The molecule has 1 amide bonds. The topological polar surface area (TPSA) is 55.4 Å². The molecule has 19 heavy (non-hydrogen) atoms. The van der Waals surface area contributed by atoms with Gasteiger partial charge >= 0.3 is 5.97 Å². The van der Waals surface area contributed by atoms with Crippen LogP contribution < -0.4 is 5.32 Å². The molecule has 0 radical (unpaired) electrons. The van der Waals surface area contributed by atoms with Crippen LogP contribution in [0.2, 0.25) is 0 Å². The van der Waals surface area contributed by atoms with Crippen LogP contribution in [0.25, 0.3) is 0 Å². The molecular formula is C15H25NO3. The molecule has 2 heterocycles. The van der Waals surface area contributed by atoms with Gasteiger partial charge in [-0.15, -0.1) is 0 Å². The Kier molecular flexibility index (Phi) is 4.16. The van der Waals surface area contributed by atoms with E-state index in [2.05, 4.69) is 33.0 Å². The smallest absolute Gasteiger partial charge is 0.309 e. The molecule has 0 saturated carbocycles. The van der Waals surface area contributed by atoms with Crippen LogP contribution in [0.4, 0.5) is 0 Å². The van der Waals surface area contributed by atoms with E-state index in [1.165, 1.54) is 0 Å². The van der Waals surface area contributed by atoms with E-state index >= 15 is 0 Å². The number of ether oxygens (including phenoxy) is 1. The van der Waals surface area contributed by atoms with E-state index in [0.29, 0.717) is 11.8 Å². The molecule has 1 N–H and O–H groups in total. The van der Waals surface area contributed by atoms with Gasteiger partial charge in [0.15, 0.2) is 0 Å². The molecule has 2 rings (SSSR count). The summed E-state index contributed by atoms with van der Waals surface area (Å²) in [7, 11) is 0. The molecule has 4 atom stereocenters. The molecule has 2 fully saturated rings. The first-order valence-electron chi connectivity index (χ1n) is 7.39. The summed E-state index contributed by atoms with van der Waals surface area (Å²) < 4.78 is 5.48. The van der Waals surface area contributed by atoms with Gasteiger partial charge in [-0.1, -0.05) is 27.7 Å². The quantitative estimate of drug-likeness (QED) is 0.794. The van der Waals surface area contributed by atoms with E-state index in [1.54, 1.807) is 0 Å². The van der Waals surface area contributed by atoms with Crippen molar-refractivity contribution >= 4 is 11.9 Å². The fourth-order valence-corrected chi connectivity index (χ4v) is 3.23. The van der Waals surface area contributed by atoms with Crippen LogP contribution in [0, 0.1) is 23.7 Å². The minimum atomic E-state index is -0.121. The Balaban J connectivity index is 1.94. The standard InChI is InChI=1S/C15H25NO3/c1-8(2)5-10-6-13(19-15(10)18)12-7-11(9(3)4)14(17)16-12/h8-13H,5-7H2,1-4H3,(H,16,17). The van der Waals surface area contributed by atoms with Crippen molar-refractivity contribution in [2.45, 2.75) is 59.1 Å². The molecule has 0 bridgehead atoms. The van der Waals surface area contributed by atoms with Gasteiger partial charge in [0.25, 0.3) is 0 Å². The Labute approximate surface area is 115 Å². The SMILES string of the molecule is CC(C)CC1CC(C2CC(C(C)C)C(=O)N2)OC1=O. The lowest BCUT2D eigenvalue weighted by Crippen LogP contribution is -2.36. The van der Waals surface area contributed by atoms with Crippen molar-refractivity contribution < 1.29 is 14.3 Å². The first kappa shape index (κ1) is 14.4. The minimum Gasteiger partial charge on any atom is -0.460 e. The van der Waals surface area contributed by atoms with Crippen LogP contribution in [0.15, 0.2) is 0 Å². The molecule has 0 aromatic heterocycles. The molecule has 2 saturated heterocycles. The van der Waals surface area contributed by atoms with Gasteiger partial charge in [0.05, 0.1) is 12.0 Å². The number of amides is 1. The molecular weight excluding hydrogens is 242 g/mol. The predicted octanol–water partition coefficient (Wildman–Crippen LogP) is 2.12. The number of esters is 1. The lowest BCUT2D eigenvalue weighted by Gasteiger charge is -2.17. The third-order valence-corrected chi connectivity index (χ3v) is 4.30. The highest BCUT2D eigenvalue weighted by molar-refractivity contribution is 5.82. The minimum absolute atomic E-state index is 0.0139. The second-order valence-electron chi connectivity index (χ2n) is 6.74. The van der Waals surface area contributed by atoms with Crippen molar-refractivity contribution in [3.05, 3.63) is 0 Å². The van der Waals surface area contributed by atoms with Crippen LogP contribution in [0.5, 0.6) is 0 Å². The number of hydrogen-bond acceptors (Lipinski definition) is 3. The third-order valence-electron chi connectivity index (χ3n) is 4.30. The van der Waals surface area contributed by atoms with E-state index in [-0.39, 0.29) is 35.9 Å². The number of rotatable bonds is 4. The van der Waals surface area contributed by atoms with E-state index in [4.69, 9.17) is 4.74 Å². The summed E-state index contributed by atoms with van der Waals surface area (Å²) in [6, 6.07) is 0.0148. The number of carbonyl (C=O) groups excluding carboxylic acids is 2. The Bertz CT molecular complexity index is 364. The Morgan fingerprint density at radius 1 is 1.21 bits per heavy atom. The van der Waals surface area contributed by atoms with Gasteiger partial charge < -0.3 is 10.1 Å². The maximum absolute atomic E-state index is 11.9. The normalized spacial score (nSPS) is 35.1. The molecule has 4 unspecified atom stereocenters. The Morgan fingerprint density at radius 2 is 1.89 bits per heavy atom. The molecule has 4 nitrogen and oxygen atoms in total. The second-order valence-corrected chi connectivity index (χ2v) is 6.74. The number of carbonyl (C=O) groups is 2. The van der Waals surface area contributed by atoms with Crippen molar-refractivity contribution in [3.8, 4) is 0 Å². The predicted molar refractivity (Wildman–Crippen MR) is 72.3 cm³/mol. The highest BCUT2D eigenvalue weighted by atomic mass is 16.6. The summed E-state index contributed by atoms with van der Waals surface area (Å²) in [5.41, 5.74) is 0. The number of hydrogen-bond donors (Lipinski definition) is 1. The molecule has 2 aliphatic heterocycles. The highest BCUT2D eigenvalue weighted by Gasteiger charge is 2.44. The lowest BCUT2D eigenvalue weighted by atomic mass is 9.89. The molecule has 2 aliphatic rings. The first-order valence-corrected chi connectivity index (χ1v) is 7.39. The molecule has 0 aliphatic carbocycles. The zero-order valence-electron chi connectivity index (χ0n) is 12.3. The summed E-state index contributed by atoms with van der Waals surface area (Å²) in [6.07, 6.45) is 2.31. The van der Waals surface area contributed by atoms with E-state index in [1.807, 2.05) is 0 Å². The maximum Gasteiger partial charge on any atom is 0.309 e. The zero-order valence-corrected chi connectivity index (χ0v) is 12.3. The van der Waals surface area contributed by atoms with E-state index < -0.39 is 0 Å². The first-order chi connectivity index (χ1) is 8.88. The summed E-state index contributed by atoms with van der Waals surface area (Å²) in [5.74, 6) is 0.948.